The molecule has 0 saturated heterocycles. The summed E-state index contributed by atoms with van der Waals surface area (Å²) in [4.78, 5) is 36.4. The highest BCUT2D eigenvalue weighted by Crippen LogP contribution is 2.26. The molecule has 2 aromatic rings. The summed E-state index contributed by atoms with van der Waals surface area (Å²) < 4.78 is 9.93. The van der Waals surface area contributed by atoms with Crippen LogP contribution >= 0.6 is 11.6 Å². The molecular weight excluding hydrogens is 408 g/mol. The molecule has 0 saturated carbocycles. The first kappa shape index (κ1) is 23.2. The van der Waals surface area contributed by atoms with Gasteiger partial charge < -0.3 is 14.8 Å². The Bertz CT molecular complexity index is 906. The van der Waals surface area contributed by atoms with E-state index in [4.69, 9.17) is 21.1 Å². The lowest BCUT2D eigenvalue weighted by Gasteiger charge is -2.20. The SMILES string of the molecule is COC(=O)CC(NC(=O)c1ccc(NC(=O)OC(C)(C)C)cc1)c1ccccc1Cl. The average molecular weight is 433 g/mol. The van der Waals surface area contributed by atoms with Crippen LogP contribution in [0.1, 0.15) is 49.2 Å². The van der Waals surface area contributed by atoms with E-state index >= 15 is 0 Å². The highest BCUT2D eigenvalue weighted by atomic mass is 35.5. The lowest BCUT2D eigenvalue weighted by Crippen LogP contribution is -2.30. The predicted octanol–water partition coefficient (Wildman–Crippen LogP) is 4.72. The largest absolute Gasteiger partial charge is 0.469 e. The molecule has 0 heterocycles. The molecule has 160 valence electrons. The maximum Gasteiger partial charge on any atom is 0.412 e. The summed E-state index contributed by atoms with van der Waals surface area (Å²) in [5.74, 6) is -0.871. The number of rotatable bonds is 6. The van der Waals surface area contributed by atoms with E-state index in [1.807, 2.05) is 0 Å². The molecule has 0 bridgehead atoms. The minimum atomic E-state index is -0.654. The number of nitrogens with one attached hydrogen (secondary N) is 2. The van der Waals surface area contributed by atoms with Crippen molar-refractivity contribution in [2.75, 3.05) is 12.4 Å². The second kappa shape index (κ2) is 10.1. The minimum absolute atomic E-state index is 0.0652. The molecular formula is C22H25ClN2O5. The number of anilines is 1. The van der Waals surface area contributed by atoms with Gasteiger partial charge in [-0.05, 0) is 56.7 Å². The van der Waals surface area contributed by atoms with E-state index in [0.717, 1.165) is 0 Å². The first-order chi connectivity index (χ1) is 14.1. The number of carbonyl (C=O) groups excluding carboxylic acids is 3. The van der Waals surface area contributed by atoms with Crippen LogP contribution in [-0.4, -0.2) is 30.7 Å². The molecule has 2 amide bonds. The summed E-state index contributed by atoms with van der Waals surface area (Å²) >= 11 is 6.23. The van der Waals surface area contributed by atoms with E-state index in [1.165, 1.54) is 7.11 Å². The van der Waals surface area contributed by atoms with Crippen molar-refractivity contribution in [3.05, 3.63) is 64.7 Å². The number of esters is 1. The molecule has 1 unspecified atom stereocenters. The predicted molar refractivity (Wildman–Crippen MR) is 115 cm³/mol. The van der Waals surface area contributed by atoms with Gasteiger partial charge in [0.25, 0.3) is 5.91 Å². The lowest BCUT2D eigenvalue weighted by molar-refractivity contribution is -0.141. The Kier molecular flexibility index (Phi) is 7.83. The molecule has 0 fully saturated rings. The Morgan fingerprint density at radius 2 is 1.67 bits per heavy atom. The Balaban J connectivity index is 2.11. The van der Waals surface area contributed by atoms with Gasteiger partial charge in [-0.15, -0.1) is 0 Å². The maximum absolute atomic E-state index is 12.7. The van der Waals surface area contributed by atoms with Crippen LogP contribution in [0.3, 0.4) is 0 Å². The molecule has 0 aliphatic heterocycles. The van der Waals surface area contributed by atoms with E-state index in [0.29, 0.717) is 21.8 Å². The van der Waals surface area contributed by atoms with Crippen LogP contribution in [-0.2, 0) is 14.3 Å². The van der Waals surface area contributed by atoms with Gasteiger partial charge in [-0.25, -0.2) is 4.79 Å². The number of hydrogen-bond acceptors (Lipinski definition) is 5. The topological polar surface area (TPSA) is 93.7 Å². The monoisotopic (exact) mass is 432 g/mol. The Morgan fingerprint density at radius 3 is 2.23 bits per heavy atom. The van der Waals surface area contributed by atoms with Gasteiger partial charge in [-0.2, -0.15) is 0 Å². The van der Waals surface area contributed by atoms with Crippen LogP contribution in [0.25, 0.3) is 0 Å². The smallest absolute Gasteiger partial charge is 0.412 e. The maximum atomic E-state index is 12.7. The summed E-state index contributed by atoms with van der Waals surface area (Å²) in [6, 6.07) is 12.6. The van der Waals surface area contributed by atoms with Crippen molar-refractivity contribution in [1.29, 1.82) is 0 Å². The number of ether oxygens (including phenoxy) is 2. The van der Waals surface area contributed by atoms with Gasteiger partial charge in [0.1, 0.15) is 5.60 Å². The third kappa shape index (κ3) is 7.08. The molecule has 0 spiro atoms. The second-order valence-electron chi connectivity index (χ2n) is 7.53. The molecule has 0 radical (unpaired) electrons. The zero-order valence-electron chi connectivity index (χ0n) is 17.3. The van der Waals surface area contributed by atoms with E-state index in [1.54, 1.807) is 69.3 Å². The fourth-order valence-electron chi connectivity index (χ4n) is 2.61. The van der Waals surface area contributed by atoms with Crippen LogP contribution in [0.4, 0.5) is 10.5 Å². The molecule has 0 aromatic heterocycles. The van der Waals surface area contributed by atoms with Crippen LogP contribution in [0.5, 0.6) is 0 Å². The van der Waals surface area contributed by atoms with Crippen molar-refractivity contribution in [2.24, 2.45) is 0 Å². The fraction of sp³-hybridized carbons (Fsp3) is 0.318. The lowest BCUT2D eigenvalue weighted by atomic mass is 10.0. The zero-order chi connectivity index (χ0) is 22.3. The number of benzene rings is 2. The van der Waals surface area contributed by atoms with E-state index < -0.39 is 29.6 Å². The van der Waals surface area contributed by atoms with Crippen LogP contribution in [0, 0.1) is 0 Å². The zero-order valence-corrected chi connectivity index (χ0v) is 18.1. The van der Waals surface area contributed by atoms with Gasteiger partial charge >= 0.3 is 12.1 Å². The number of halogens is 1. The van der Waals surface area contributed by atoms with Crippen LogP contribution < -0.4 is 10.6 Å². The highest BCUT2D eigenvalue weighted by Gasteiger charge is 2.22. The first-order valence-electron chi connectivity index (χ1n) is 9.31. The standard InChI is InChI=1S/C22H25ClN2O5/c1-22(2,3)30-21(28)24-15-11-9-14(10-12-15)20(27)25-18(13-19(26)29-4)16-7-5-6-8-17(16)23/h5-12,18H,13H2,1-4H3,(H,24,28)(H,25,27). The molecule has 2 aromatic carbocycles. The molecule has 30 heavy (non-hydrogen) atoms. The first-order valence-corrected chi connectivity index (χ1v) is 9.69. The van der Waals surface area contributed by atoms with Gasteiger partial charge in [-0.1, -0.05) is 29.8 Å². The van der Waals surface area contributed by atoms with E-state index in [2.05, 4.69) is 10.6 Å². The number of amides is 2. The van der Waals surface area contributed by atoms with Crippen molar-refractivity contribution < 1.29 is 23.9 Å². The second-order valence-corrected chi connectivity index (χ2v) is 7.94. The summed E-state index contributed by atoms with van der Waals surface area (Å²) in [6.07, 6.45) is -0.652. The van der Waals surface area contributed by atoms with Crippen LogP contribution in [0.2, 0.25) is 5.02 Å². The van der Waals surface area contributed by atoms with Crippen LogP contribution in [0.15, 0.2) is 48.5 Å². The molecule has 8 heteroatoms. The van der Waals surface area contributed by atoms with Gasteiger partial charge in [0.2, 0.25) is 0 Å². The van der Waals surface area contributed by atoms with Gasteiger partial charge in [-0.3, -0.25) is 14.9 Å². The fourth-order valence-corrected chi connectivity index (χ4v) is 2.88. The van der Waals surface area contributed by atoms with Crippen molar-refractivity contribution in [1.82, 2.24) is 5.32 Å². The number of carbonyl (C=O) groups is 3. The average Bonchev–Trinajstić information content (AvgIpc) is 2.66. The van der Waals surface area contributed by atoms with Crippen molar-refractivity contribution in [3.63, 3.8) is 0 Å². The molecule has 2 N–H and O–H groups in total. The molecule has 1 atom stereocenters. The Morgan fingerprint density at radius 1 is 1.03 bits per heavy atom. The summed E-state index contributed by atoms with van der Waals surface area (Å²) in [6.45, 7) is 5.30. The normalized spacial score (nSPS) is 11.9. The highest BCUT2D eigenvalue weighted by molar-refractivity contribution is 6.31. The van der Waals surface area contributed by atoms with Gasteiger partial charge in [0.05, 0.1) is 19.6 Å². The molecule has 2 rings (SSSR count). The van der Waals surface area contributed by atoms with E-state index in [-0.39, 0.29) is 6.42 Å². The van der Waals surface area contributed by atoms with Crippen molar-refractivity contribution in [3.8, 4) is 0 Å². The Labute approximate surface area is 180 Å². The van der Waals surface area contributed by atoms with Crippen molar-refractivity contribution >= 4 is 35.3 Å². The molecule has 0 aliphatic rings. The van der Waals surface area contributed by atoms with Gasteiger partial charge in [0.15, 0.2) is 0 Å². The molecule has 7 nitrogen and oxygen atoms in total. The third-order valence-corrected chi connectivity index (χ3v) is 4.32. The van der Waals surface area contributed by atoms with E-state index in [9.17, 15) is 14.4 Å². The Hall–Kier alpha value is -3.06. The third-order valence-electron chi connectivity index (χ3n) is 3.98. The summed E-state index contributed by atoms with van der Waals surface area (Å²) in [5, 5.41) is 5.85. The summed E-state index contributed by atoms with van der Waals surface area (Å²) in [7, 11) is 1.28. The quantitative estimate of drug-likeness (QED) is 0.644. The van der Waals surface area contributed by atoms with Gasteiger partial charge in [0, 0.05) is 16.3 Å². The number of methoxy groups -OCH3 is 1. The molecule has 0 aliphatic carbocycles. The summed E-state index contributed by atoms with van der Waals surface area (Å²) in [5.41, 5.74) is 0.836. The minimum Gasteiger partial charge on any atom is -0.469 e. The van der Waals surface area contributed by atoms with Crippen molar-refractivity contribution in [2.45, 2.75) is 38.8 Å². The number of hydrogen-bond donors (Lipinski definition) is 2.